The molecule has 1 N–H and O–H groups in total. The lowest BCUT2D eigenvalue weighted by Gasteiger charge is -2.19. The SMILES string of the molecule is CNCc1sc(N(C)C(C)C)nc1C. The second-order valence-corrected chi connectivity index (χ2v) is 4.80. The third kappa shape index (κ3) is 2.45. The lowest BCUT2D eigenvalue weighted by atomic mass is 10.4. The Morgan fingerprint density at radius 1 is 1.50 bits per heavy atom. The third-order valence-corrected chi connectivity index (χ3v) is 3.54. The van der Waals surface area contributed by atoms with Gasteiger partial charge in [-0.15, -0.1) is 11.3 Å². The number of nitrogens with one attached hydrogen (secondary N) is 1. The molecule has 1 rings (SSSR count). The summed E-state index contributed by atoms with van der Waals surface area (Å²) in [5.41, 5.74) is 1.15. The van der Waals surface area contributed by atoms with Gasteiger partial charge in [-0.25, -0.2) is 4.98 Å². The predicted molar refractivity (Wildman–Crippen MR) is 63.2 cm³/mol. The van der Waals surface area contributed by atoms with Gasteiger partial charge in [-0.05, 0) is 27.8 Å². The minimum atomic E-state index is 0.503. The van der Waals surface area contributed by atoms with E-state index in [1.54, 1.807) is 11.3 Å². The van der Waals surface area contributed by atoms with Crippen molar-refractivity contribution in [2.45, 2.75) is 33.4 Å². The minimum absolute atomic E-state index is 0.503. The molecule has 3 nitrogen and oxygen atoms in total. The molecular formula is C10H19N3S. The van der Waals surface area contributed by atoms with E-state index in [0.29, 0.717) is 6.04 Å². The van der Waals surface area contributed by atoms with Gasteiger partial charge in [-0.1, -0.05) is 0 Å². The van der Waals surface area contributed by atoms with Crippen LogP contribution in [0.1, 0.15) is 24.4 Å². The normalized spacial score (nSPS) is 11.0. The zero-order valence-corrected chi connectivity index (χ0v) is 10.4. The van der Waals surface area contributed by atoms with Crippen molar-refractivity contribution < 1.29 is 0 Å². The number of rotatable bonds is 4. The fraction of sp³-hybridized carbons (Fsp3) is 0.700. The Bertz CT molecular complexity index is 294. The lowest BCUT2D eigenvalue weighted by molar-refractivity contribution is 0.750. The van der Waals surface area contributed by atoms with E-state index >= 15 is 0 Å². The fourth-order valence-corrected chi connectivity index (χ4v) is 2.28. The van der Waals surface area contributed by atoms with E-state index in [1.807, 2.05) is 7.05 Å². The average molecular weight is 213 g/mol. The molecule has 0 unspecified atom stereocenters. The number of aryl methyl sites for hydroxylation is 1. The highest BCUT2D eigenvalue weighted by atomic mass is 32.1. The molecule has 0 amide bonds. The van der Waals surface area contributed by atoms with Gasteiger partial charge in [-0.3, -0.25) is 0 Å². The molecule has 0 aliphatic rings. The second kappa shape index (κ2) is 4.75. The Hall–Kier alpha value is -0.610. The van der Waals surface area contributed by atoms with E-state index < -0.39 is 0 Å². The van der Waals surface area contributed by atoms with E-state index in [2.05, 4.69) is 43.0 Å². The summed E-state index contributed by atoms with van der Waals surface area (Å²) >= 11 is 1.77. The number of hydrogen-bond donors (Lipinski definition) is 1. The topological polar surface area (TPSA) is 28.2 Å². The Balaban J connectivity index is 2.84. The first-order chi connectivity index (χ1) is 6.56. The zero-order valence-electron chi connectivity index (χ0n) is 9.59. The summed E-state index contributed by atoms with van der Waals surface area (Å²) in [6.07, 6.45) is 0. The monoisotopic (exact) mass is 213 g/mol. The van der Waals surface area contributed by atoms with E-state index in [1.165, 1.54) is 4.88 Å². The van der Waals surface area contributed by atoms with Crippen molar-refractivity contribution in [2.75, 3.05) is 19.0 Å². The molecule has 14 heavy (non-hydrogen) atoms. The lowest BCUT2D eigenvalue weighted by Crippen LogP contribution is -2.25. The highest BCUT2D eigenvalue weighted by Gasteiger charge is 2.12. The van der Waals surface area contributed by atoms with Crippen LogP contribution in [0.2, 0.25) is 0 Å². The van der Waals surface area contributed by atoms with Crippen molar-refractivity contribution in [3.05, 3.63) is 10.6 Å². The van der Waals surface area contributed by atoms with Gasteiger partial charge in [0.25, 0.3) is 0 Å². The van der Waals surface area contributed by atoms with Crippen LogP contribution < -0.4 is 10.2 Å². The molecule has 0 aliphatic carbocycles. The van der Waals surface area contributed by atoms with Crippen LogP contribution in [0.15, 0.2) is 0 Å². The number of aromatic nitrogens is 1. The largest absolute Gasteiger partial charge is 0.349 e. The van der Waals surface area contributed by atoms with Crippen LogP contribution in [0.4, 0.5) is 5.13 Å². The molecule has 1 aromatic rings. The summed E-state index contributed by atoms with van der Waals surface area (Å²) in [5, 5.41) is 4.27. The number of thiazole rings is 1. The summed E-state index contributed by atoms with van der Waals surface area (Å²) in [4.78, 5) is 8.09. The summed E-state index contributed by atoms with van der Waals surface area (Å²) in [6, 6.07) is 0.503. The van der Waals surface area contributed by atoms with Crippen molar-refractivity contribution in [2.24, 2.45) is 0 Å². The van der Waals surface area contributed by atoms with Crippen LogP contribution in [0.3, 0.4) is 0 Å². The molecular weight excluding hydrogens is 194 g/mol. The van der Waals surface area contributed by atoms with Gasteiger partial charge in [0.05, 0.1) is 5.69 Å². The fourth-order valence-electron chi connectivity index (χ4n) is 1.11. The van der Waals surface area contributed by atoms with E-state index in [9.17, 15) is 0 Å². The number of hydrogen-bond acceptors (Lipinski definition) is 4. The van der Waals surface area contributed by atoms with Crippen LogP contribution >= 0.6 is 11.3 Å². The van der Waals surface area contributed by atoms with Crippen molar-refractivity contribution >= 4 is 16.5 Å². The Morgan fingerprint density at radius 2 is 2.14 bits per heavy atom. The van der Waals surface area contributed by atoms with Gasteiger partial charge in [0, 0.05) is 24.5 Å². The molecule has 0 radical (unpaired) electrons. The summed E-state index contributed by atoms with van der Waals surface area (Å²) in [6.45, 7) is 7.33. The molecule has 0 spiro atoms. The maximum Gasteiger partial charge on any atom is 0.185 e. The molecule has 0 fully saturated rings. The van der Waals surface area contributed by atoms with Crippen molar-refractivity contribution in [3.63, 3.8) is 0 Å². The molecule has 1 aromatic heterocycles. The first-order valence-corrected chi connectivity index (χ1v) is 5.71. The Morgan fingerprint density at radius 3 is 2.64 bits per heavy atom. The van der Waals surface area contributed by atoms with Gasteiger partial charge < -0.3 is 10.2 Å². The van der Waals surface area contributed by atoms with Crippen molar-refractivity contribution in [1.82, 2.24) is 10.3 Å². The van der Waals surface area contributed by atoms with Crippen LogP contribution in [0.5, 0.6) is 0 Å². The highest BCUT2D eigenvalue weighted by Crippen LogP contribution is 2.26. The Kier molecular flexibility index (Phi) is 3.89. The van der Waals surface area contributed by atoms with Crippen LogP contribution in [0, 0.1) is 6.92 Å². The van der Waals surface area contributed by atoms with Crippen LogP contribution in [-0.4, -0.2) is 25.1 Å². The second-order valence-electron chi connectivity index (χ2n) is 3.74. The molecule has 0 saturated heterocycles. The van der Waals surface area contributed by atoms with Gasteiger partial charge in [0.15, 0.2) is 5.13 Å². The van der Waals surface area contributed by atoms with Gasteiger partial charge in [0.2, 0.25) is 0 Å². The third-order valence-electron chi connectivity index (χ3n) is 2.30. The summed E-state index contributed by atoms with van der Waals surface area (Å²) in [7, 11) is 4.05. The quantitative estimate of drug-likeness (QED) is 0.829. The Labute approximate surface area is 90.2 Å². The summed E-state index contributed by atoms with van der Waals surface area (Å²) < 4.78 is 0. The van der Waals surface area contributed by atoms with E-state index in [-0.39, 0.29) is 0 Å². The van der Waals surface area contributed by atoms with Crippen molar-refractivity contribution in [1.29, 1.82) is 0 Å². The van der Waals surface area contributed by atoms with Gasteiger partial charge in [-0.2, -0.15) is 0 Å². The molecule has 0 aromatic carbocycles. The van der Waals surface area contributed by atoms with Gasteiger partial charge >= 0.3 is 0 Å². The van der Waals surface area contributed by atoms with Gasteiger partial charge in [0.1, 0.15) is 0 Å². The molecule has 0 saturated carbocycles. The molecule has 4 heteroatoms. The summed E-state index contributed by atoms with van der Waals surface area (Å²) in [5.74, 6) is 0. The molecule has 0 aliphatic heterocycles. The molecule has 1 heterocycles. The predicted octanol–water partition coefficient (Wildman–Crippen LogP) is 2.02. The molecule has 80 valence electrons. The zero-order chi connectivity index (χ0) is 10.7. The van der Waals surface area contributed by atoms with Crippen LogP contribution in [0.25, 0.3) is 0 Å². The first-order valence-electron chi connectivity index (χ1n) is 4.90. The maximum absolute atomic E-state index is 4.55. The number of nitrogens with zero attached hydrogens (tertiary/aromatic N) is 2. The van der Waals surface area contributed by atoms with Crippen molar-refractivity contribution in [3.8, 4) is 0 Å². The maximum atomic E-state index is 4.55. The molecule has 0 bridgehead atoms. The number of anilines is 1. The molecule has 0 atom stereocenters. The van der Waals surface area contributed by atoms with E-state index in [0.717, 1.165) is 17.4 Å². The standard InChI is InChI=1S/C10H19N3S/c1-7(2)13(5)10-12-8(3)9(14-10)6-11-4/h7,11H,6H2,1-5H3. The minimum Gasteiger partial charge on any atom is -0.349 e. The smallest absolute Gasteiger partial charge is 0.185 e. The average Bonchev–Trinajstić information content (AvgIpc) is 2.47. The van der Waals surface area contributed by atoms with E-state index in [4.69, 9.17) is 0 Å². The highest BCUT2D eigenvalue weighted by molar-refractivity contribution is 7.15. The van der Waals surface area contributed by atoms with Crippen LogP contribution in [-0.2, 0) is 6.54 Å². The first kappa shape index (κ1) is 11.5.